The van der Waals surface area contributed by atoms with E-state index in [9.17, 15) is 9.59 Å². The van der Waals surface area contributed by atoms with Gasteiger partial charge in [0.15, 0.2) is 10.9 Å². The molecule has 0 aliphatic carbocycles. The molecule has 6 nitrogen and oxygen atoms in total. The van der Waals surface area contributed by atoms with E-state index >= 15 is 0 Å². The summed E-state index contributed by atoms with van der Waals surface area (Å²) < 4.78 is 0. The quantitative estimate of drug-likeness (QED) is 0.610. The molecule has 1 rings (SSSR count). The lowest BCUT2D eigenvalue weighted by atomic mass is 10.2. The Labute approximate surface area is 132 Å². The molecule has 21 heavy (non-hydrogen) atoms. The highest BCUT2D eigenvalue weighted by atomic mass is 35.5. The summed E-state index contributed by atoms with van der Waals surface area (Å²) in [6, 6.07) is -0.0740. The molecule has 0 bridgehead atoms. The molecule has 116 valence electrons. The van der Waals surface area contributed by atoms with E-state index in [2.05, 4.69) is 9.97 Å². The number of carboxylic acids is 1. The Morgan fingerprint density at radius 1 is 1.48 bits per heavy atom. The predicted octanol–water partition coefficient (Wildman–Crippen LogP) is 2.57. The van der Waals surface area contributed by atoms with Gasteiger partial charge in [-0.05, 0) is 26.5 Å². The molecule has 0 saturated carbocycles. The van der Waals surface area contributed by atoms with Crippen molar-refractivity contribution < 1.29 is 14.7 Å². The zero-order valence-electron chi connectivity index (χ0n) is 12.2. The topological polar surface area (TPSA) is 83.4 Å². The molecule has 0 aliphatic rings. The first-order valence-corrected chi connectivity index (χ1v) is 8.06. The SMILES string of the molecule is CSc1ncc(Cl)c(C(=O)N(CCCC(=O)O)C(C)C)n1. The summed E-state index contributed by atoms with van der Waals surface area (Å²) in [5.74, 6) is -1.19. The molecule has 1 aromatic rings. The highest BCUT2D eigenvalue weighted by Gasteiger charge is 2.23. The smallest absolute Gasteiger partial charge is 0.303 e. The van der Waals surface area contributed by atoms with Crippen LogP contribution in [0.3, 0.4) is 0 Å². The van der Waals surface area contributed by atoms with Crippen LogP contribution in [0.4, 0.5) is 0 Å². The van der Waals surface area contributed by atoms with Crippen LogP contribution in [0.5, 0.6) is 0 Å². The van der Waals surface area contributed by atoms with Crippen LogP contribution in [0, 0.1) is 0 Å². The molecular weight excluding hydrogens is 314 g/mol. The summed E-state index contributed by atoms with van der Waals surface area (Å²) in [6.45, 7) is 4.07. The number of rotatable bonds is 7. The molecule has 0 fully saturated rings. The number of nitrogens with zero attached hydrogens (tertiary/aromatic N) is 3. The zero-order chi connectivity index (χ0) is 16.0. The number of halogens is 1. The highest BCUT2D eigenvalue weighted by molar-refractivity contribution is 7.98. The Hall–Kier alpha value is -1.34. The molecule has 1 aromatic heterocycles. The van der Waals surface area contributed by atoms with Crippen LogP contribution in [0.1, 0.15) is 37.2 Å². The van der Waals surface area contributed by atoms with E-state index in [-0.39, 0.29) is 29.1 Å². The van der Waals surface area contributed by atoms with Gasteiger partial charge in [0.05, 0.1) is 11.2 Å². The van der Waals surface area contributed by atoms with Crippen LogP contribution in [0.15, 0.2) is 11.4 Å². The molecule has 1 amide bonds. The summed E-state index contributed by atoms with van der Waals surface area (Å²) in [5, 5.41) is 9.35. The largest absolute Gasteiger partial charge is 0.481 e. The third-order valence-corrected chi connectivity index (χ3v) is 3.62. The Morgan fingerprint density at radius 2 is 2.14 bits per heavy atom. The van der Waals surface area contributed by atoms with Crippen molar-refractivity contribution >= 4 is 35.2 Å². The summed E-state index contributed by atoms with van der Waals surface area (Å²) in [7, 11) is 0. The molecule has 0 saturated heterocycles. The van der Waals surface area contributed by atoms with E-state index in [4.69, 9.17) is 16.7 Å². The number of carbonyl (C=O) groups is 2. The van der Waals surface area contributed by atoms with Gasteiger partial charge in [-0.2, -0.15) is 0 Å². The first-order valence-electron chi connectivity index (χ1n) is 6.46. The van der Waals surface area contributed by atoms with Crippen molar-refractivity contribution in [3.8, 4) is 0 Å². The fourth-order valence-electron chi connectivity index (χ4n) is 1.73. The second kappa shape index (κ2) is 8.19. The molecule has 0 aromatic carbocycles. The third kappa shape index (κ3) is 5.17. The Balaban J connectivity index is 2.92. The average Bonchev–Trinajstić information content (AvgIpc) is 2.42. The van der Waals surface area contributed by atoms with E-state index in [0.29, 0.717) is 18.1 Å². The van der Waals surface area contributed by atoms with Crippen molar-refractivity contribution in [2.75, 3.05) is 12.8 Å². The molecule has 1 N–H and O–H groups in total. The summed E-state index contributed by atoms with van der Waals surface area (Å²) in [4.78, 5) is 32.8. The van der Waals surface area contributed by atoms with Gasteiger partial charge in [-0.1, -0.05) is 23.4 Å². The number of aliphatic carboxylic acids is 1. The van der Waals surface area contributed by atoms with Gasteiger partial charge in [0.2, 0.25) is 0 Å². The minimum absolute atomic E-state index is 0.0179. The predicted molar refractivity (Wildman–Crippen MR) is 81.9 cm³/mol. The molecule has 0 unspecified atom stereocenters. The van der Waals surface area contributed by atoms with Crippen LogP contribution in [-0.4, -0.2) is 50.7 Å². The number of hydrogen-bond acceptors (Lipinski definition) is 5. The zero-order valence-corrected chi connectivity index (χ0v) is 13.7. The fourth-order valence-corrected chi connectivity index (χ4v) is 2.24. The van der Waals surface area contributed by atoms with Gasteiger partial charge in [0.25, 0.3) is 5.91 Å². The van der Waals surface area contributed by atoms with E-state index in [1.165, 1.54) is 18.0 Å². The number of carboxylic acid groups (broad SMARTS) is 1. The molecule has 1 heterocycles. The van der Waals surface area contributed by atoms with Crippen LogP contribution < -0.4 is 0 Å². The molecule has 8 heteroatoms. The molecule has 0 aliphatic heterocycles. The van der Waals surface area contributed by atoms with E-state index in [1.807, 2.05) is 20.1 Å². The average molecular weight is 332 g/mol. The third-order valence-electron chi connectivity index (χ3n) is 2.78. The van der Waals surface area contributed by atoms with Gasteiger partial charge >= 0.3 is 5.97 Å². The fraction of sp³-hybridized carbons (Fsp3) is 0.538. The van der Waals surface area contributed by atoms with Gasteiger partial charge in [0, 0.05) is 19.0 Å². The lowest BCUT2D eigenvalue weighted by Crippen LogP contribution is -2.38. The lowest BCUT2D eigenvalue weighted by molar-refractivity contribution is -0.137. The summed E-state index contributed by atoms with van der Waals surface area (Å²) >= 11 is 7.33. The maximum atomic E-state index is 12.5. The van der Waals surface area contributed by atoms with Crippen LogP contribution >= 0.6 is 23.4 Å². The normalized spacial score (nSPS) is 10.7. The van der Waals surface area contributed by atoms with Gasteiger partial charge < -0.3 is 10.0 Å². The van der Waals surface area contributed by atoms with Crippen molar-refractivity contribution in [2.24, 2.45) is 0 Å². The highest BCUT2D eigenvalue weighted by Crippen LogP contribution is 2.19. The second-order valence-corrected chi connectivity index (χ2v) is 5.82. The first-order chi connectivity index (χ1) is 9.86. The van der Waals surface area contributed by atoms with Crippen LogP contribution in [-0.2, 0) is 4.79 Å². The summed E-state index contributed by atoms with van der Waals surface area (Å²) in [6.07, 6.45) is 3.62. The van der Waals surface area contributed by atoms with Gasteiger partial charge in [-0.25, -0.2) is 9.97 Å². The van der Waals surface area contributed by atoms with Gasteiger partial charge in [0.1, 0.15) is 0 Å². The molecular formula is C13H18ClN3O3S. The van der Waals surface area contributed by atoms with Crippen LogP contribution in [0.25, 0.3) is 0 Å². The number of thioether (sulfide) groups is 1. The molecule has 0 spiro atoms. The van der Waals surface area contributed by atoms with Crippen LogP contribution in [0.2, 0.25) is 5.02 Å². The van der Waals surface area contributed by atoms with E-state index in [1.54, 1.807) is 4.90 Å². The second-order valence-electron chi connectivity index (χ2n) is 4.64. The number of hydrogen-bond donors (Lipinski definition) is 1. The molecule has 0 atom stereocenters. The maximum Gasteiger partial charge on any atom is 0.303 e. The van der Waals surface area contributed by atoms with Crippen molar-refractivity contribution in [3.05, 3.63) is 16.9 Å². The van der Waals surface area contributed by atoms with Crippen molar-refractivity contribution in [1.82, 2.24) is 14.9 Å². The van der Waals surface area contributed by atoms with Crippen molar-refractivity contribution in [2.45, 2.75) is 37.9 Å². The minimum atomic E-state index is -0.879. The maximum absolute atomic E-state index is 12.5. The van der Waals surface area contributed by atoms with E-state index < -0.39 is 5.97 Å². The number of carbonyl (C=O) groups excluding carboxylic acids is 1. The minimum Gasteiger partial charge on any atom is -0.481 e. The van der Waals surface area contributed by atoms with E-state index in [0.717, 1.165) is 0 Å². The summed E-state index contributed by atoms with van der Waals surface area (Å²) in [5.41, 5.74) is 0.153. The molecule has 0 radical (unpaired) electrons. The Morgan fingerprint density at radius 3 is 2.67 bits per heavy atom. The van der Waals surface area contributed by atoms with Gasteiger partial charge in [-0.3, -0.25) is 9.59 Å². The Bertz CT molecular complexity index is 525. The Kier molecular flexibility index (Phi) is 6.91. The van der Waals surface area contributed by atoms with Crippen molar-refractivity contribution in [3.63, 3.8) is 0 Å². The lowest BCUT2D eigenvalue weighted by Gasteiger charge is -2.26. The number of aromatic nitrogens is 2. The standard InChI is InChI=1S/C13H18ClN3O3S/c1-8(2)17(6-4-5-10(18)19)12(20)11-9(14)7-15-13(16-11)21-3/h7-8H,4-6H2,1-3H3,(H,18,19). The number of amides is 1. The first kappa shape index (κ1) is 17.7. The van der Waals surface area contributed by atoms with Crippen molar-refractivity contribution in [1.29, 1.82) is 0 Å². The monoisotopic (exact) mass is 331 g/mol. The van der Waals surface area contributed by atoms with Gasteiger partial charge in [-0.15, -0.1) is 0 Å².